The first-order valence-electron chi connectivity index (χ1n) is 9.38. The molecule has 0 saturated carbocycles. The summed E-state index contributed by atoms with van der Waals surface area (Å²) < 4.78 is 5.78. The Labute approximate surface area is 170 Å². The van der Waals surface area contributed by atoms with Gasteiger partial charge in [0, 0.05) is 31.8 Å². The topological polar surface area (TPSA) is 58.6 Å². The zero-order valence-corrected chi connectivity index (χ0v) is 16.6. The highest BCUT2D eigenvalue weighted by Gasteiger charge is 2.09. The molecule has 0 aromatic heterocycles. The summed E-state index contributed by atoms with van der Waals surface area (Å²) in [6.07, 6.45) is 0. The molecule has 0 spiro atoms. The molecule has 148 valence electrons. The summed E-state index contributed by atoms with van der Waals surface area (Å²) in [5.41, 5.74) is 3.15. The van der Waals surface area contributed by atoms with Gasteiger partial charge in [-0.15, -0.1) is 0 Å². The average Bonchev–Trinajstić information content (AvgIpc) is 2.76. The Kier molecular flexibility index (Phi) is 6.63. The van der Waals surface area contributed by atoms with Crippen molar-refractivity contribution in [1.82, 2.24) is 10.2 Å². The minimum atomic E-state index is -0.177. The van der Waals surface area contributed by atoms with Crippen LogP contribution in [0.25, 0.3) is 0 Å². The zero-order chi connectivity index (χ0) is 20.6. The molecular weight excluding hydrogens is 364 g/mol. The van der Waals surface area contributed by atoms with Crippen LogP contribution in [0.2, 0.25) is 0 Å². The van der Waals surface area contributed by atoms with E-state index in [4.69, 9.17) is 4.74 Å². The molecule has 0 radical (unpaired) electrons. The van der Waals surface area contributed by atoms with Gasteiger partial charge in [-0.2, -0.15) is 0 Å². The van der Waals surface area contributed by atoms with Gasteiger partial charge in [0.25, 0.3) is 11.8 Å². The van der Waals surface area contributed by atoms with Crippen LogP contribution in [0.1, 0.15) is 31.8 Å². The Bertz CT molecular complexity index is 967. The molecule has 5 heteroatoms. The van der Waals surface area contributed by atoms with Gasteiger partial charge < -0.3 is 15.0 Å². The third kappa shape index (κ3) is 5.69. The number of hydrogen-bond acceptors (Lipinski definition) is 3. The molecule has 0 aliphatic rings. The highest BCUT2D eigenvalue weighted by atomic mass is 16.5. The third-order valence-electron chi connectivity index (χ3n) is 4.40. The third-order valence-corrected chi connectivity index (χ3v) is 4.40. The zero-order valence-electron chi connectivity index (χ0n) is 16.6. The van der Waals surface area contributed by atoms with E-state index in [1.807, 2.05) is 48.5 Å². The van der Waals surface area contributed by atoms with Crippen molar-refractivity contribution in [2.45, 2.75) is 13.2 Å². The second-order valence-corrected chi connectivity index (χ2v) is 6.88. The molecule has 3 aromatic rings. The molecule has 29 heavy (non-hydrogen) atoms. The molecule has 1 N–H and O–H groups in total. The van der Waals surface area contributed by atoms with Crippen LogP contribution >= 0.6 is 0 Å². The van der Waals surface area contributed by atoms with Crippen molar-refractivity contribution in [2.75, 3.05) is 14.1 Å². The number of carbonyl (C=O) groups excluding carboxylic acids is 2. The number of nitrogens with zero attached hydrogens (tertiary/aromatic N) is 1. The summed E-state index contributed by atoms with van der Waals surface area (Å²) in [6.45, 7) is 0.828. The molecule has 0 bridgehead atoms. The first-order valence-corrected chi connectivity index (χ1v) is 9.38. The molecule has 0 aliphatic heterocycles. The maximum absolute atomic E-state index is 12.5. The van der Waals surface area contributed by atoms with Crippen molar-refractivity contribution in [3.8, 4) is 5.75 Å². The lowest BCUT2D eigenvalue weighted by Crippen LogP contribution is -2.23. The number of hydrogen-bond donors (Lipinski definition) is 1. The summed E-state index contributed by atoms with van der Waals surface area (Å²) in [7, 11) is 3.43. The van der Waals surface area contributed by atoms with Gasteiger partial charge >= 0.3 is 0 Å². The van der Waals surface area contributed by atoms with E-state index < -0.39 is 0 Å². The Morgan fingerprint density at radius 2 is 1.55 bits per heavy atom. The molecule has 0 saturated heterocycles. The van der Waals surface area contributed by atoms with Gasteiger partial charge in [-0.25, -0.2) is 0 Å². The van der Waals surface area contributed by atoms with E-state index >= 15 is 0 Å². The molecule has 5 nitrogen and oxygen atoms in total. The SMILES string of the molecule is CN(C)C(=O)c1ccc(CNC(=O)c2cccc(OCc3ccccc3)c2)cc1. The number of carbonyl (C=O) groups is 2. The summed E-state index contributed by atoms with van der Waals surface area (Å²) in [6, 6.07) is 24.2. The standard InChI is InChI=1S/C24H24N2O3/c1-26(2)24(28)20-13-11-18(12-14-20)16-25-23(27)21-9-6-10-22(15-21)29-17-19-7-4-3-5-8-19/h3-15H,16-17H2,1-2H3,(H,25,27). The van der Waals surface area contributed by atoms with Gasteiger partial charge in [0.05, 0.1) is 0 Å². The lowest BCUT2D eigenvalue weighted by Gasteiger charge is -2.11. The lowest BCUT2D eigenvalue weighted by atomic mass is 10.1. The summed E-state index contributed by atoms with van der Waals surface area (Å²) in [4.78, 5) is 25.9. The van der Waals surface area contributed by atoms with Crippen LogP contribution in [-0.2, 0) is 13.2 Å². The number of ether oxygens (including phenoxy) is 1. The van der Waals surface area contributed by atoms with Crippen LogP contribution in [0.5, 0.6) is 5.75 Å². The van der Waals surface area contributed by atoms with E-state index in [2.05, 4.69) is 5.32 Å². The van der Waals surface area contributed by atoms with Crippen molar-refractivity contribution in [1.29, 1.82) is 0 Å². The van der Waals surface area contributed by atoms with E-state index in [9.17, 15) is 9.59 Å². The van der Waals surface area contributed by atoms with Crippen molar-refractivity contribution in [2.24, 2.45) is 0 Å². The largest absolute Gasteiger partial charge is 0.489 e. The minimum absolute atomic E-state index is 0.0482. The monoisotopic (exact) mass is 388 g/mol. The van der Waals surface area contributed by atoms with Crippen molar-refractivity contribution in [3.05, 3.63) is 101 Å². The number of rotatable bonds is 7. The highest BCUT2D eigenvalue weighted by Crippen LogP contribution is 2.15. The van der Waals surface area contributed by atoms with Crippen LogP contribution < -0.4 is 10.1 Å². The summed E-state index contributed by atoms with van der Waals surface area (Å²) >= 11 is 0. The van der Waals surface area contributed by atoms with E-state index in [-0.39, 0.29) is 11.8 Å². The molecule has 0 unspecified atom stereocenters. The molecule has 0 heterocycles. The smallest absolute Gasteiger partial charge is 0.253 e. The Morgan fingerprint density at radius 1 is 0.828 bits per heavy atom. The van der Waals surface area contributed by atoms with Gasteiger partial charge in [0.2, 0.25) is 0 Å². The van der Waals surface area contributed by atoms with E-state index in [1.54, 1.807) is 44.4 Å². The normalized spacial score (nSPS) is 10.3. The van der Waals surface area contributed by atoms with Crippen molar-refractivity contribution >= 4 is 11.8 Å². The van der Waals surface area contributed by atoms with E-state index in [0.717, 1.165) is 11.1 Å². The Morgan fingerprint density at radius 3 is 2.24 bits per heavy atom. The fourth-order valence-corrected chi connectivity index (χ4v) is 2.78. The molecule has 3 rings (SSSR count). The quantitative estimate of drug-likeness (QED) is 0.668. The number of amides is 2. The maximum atomic E-state index is 12.5. The molecule has 0 aliphatic carbocycles. The van der Waals surface area contributed by atoms with Crippen molar-refractivity contribution < 1.29 is 14.3 Å². The fourth-order valence-electron chi connectivity index (χ4n) is 2.78. The predicted molar refractivity (Wildman–Crippen MR) is 113 cm³/mol. The van der Waals surface area contributed by atoms with Gasteiger partial charge in [-0.05, 0) is 41.5 Å². The highest BCUT2D eigenvalue weighted by molar-refractivity contribution is 5.95. The molecular formula is C24H24N2O3. The first-order chi connectivity index (χ1) is 14.0. The lowest BCUT2D eigenvalue weighted by molar-refractivity contribution is 0.0827. The van der Waals surface area contributed by atoms with Crippen LogP contribution in [0.4, 0.5) is 0 Å². The number of benzene rings is 3. The number of nitrogens with one attached hydrogen (secondary N) is 1. The molecule has 3 aromatic carbocycles. The maximum Gasteiger partial charge on any atom is 0.253 e. The minimum Gasteiger partial charge on any atom is -0.489 e. The molecule has 2 amide bonds. The van der Waals surface area contributed by atoms with Gasteiger partial charge in [0.15, 0.2) is 0 Å². The van der Waals surface area contributed by atoms with Gasteiger partial charge in [0.1, 0.15) is 12.4 Å². The van der Waals surface area contributed by atoms with Crippen LogP contribution in [0.15, 0.2) is 78.9 Å². The van der Waals surface area contributed by atoms with Gasteiger partial charge in [-0.1, -0.05) is 48.5 Å². The van der Waals surface area contributed by atoms with Gasteiger partial charge in [-0.3, -0.25) is 9.59 Å². The van der Waals surface area contributed by atoms with E-state index in [0.29, 0.717) is 30.0 Å². The fraction of sp³-hybridized carbons (Fsp3) is 0.167. The Balaban J connectivity index is 1.56. The Hall–Kier alpha value is -3.60. The second kappa shape index (κ2) is 9.55. The average molecular weight is 388 g/mol. The van der Waals surface area contributed by atoms with Crippen LogP contribution in [0.3, 0.4) is 0 Å². The second-order valence-electron chi connectivity index (χ2n) is 6.88. The van der Waals surface area contributed by atoms with Crippen molar-refractivity contribution in [3.63, 3.8) is 0 Å². The molecule has 0 fully saturated rings. The summed E-state index contributed by atoms with van der Waals surface area (Å²) in [5.74, 6) is 0.421. The van der Waals surface area contributed by atoms with Crippen LogP contribution in [0, 0.1) is 0 Å². The van der Waals surface area contributed by atoms with E-state index in [1.165, 1.54) is 4.90 Å². The first kappa shape index (κ1) is 20.1. The molecule has 0 atom stereocenters. The van der Waals surface area contributed by atoms with Crippen LogP contribution in [-0.4, -0.2) is 30.8 Å². The summed E-state index contributed by atoms with van der Waals surface area (Å²) in [5, 5.41) is 2.90. The predicted octanol–water partition coefficient (Wildman–Crippen LogP) is 3.90.